The maximum Gasteiger partial charge on any atom is 0.127 e. The van der Waals surface area contributed by atoms with Gasteiger partial charge in [0.1, 0.15) is 11.4 Å². The minimum absolute atomic E-state index is 0. The standard InChI is InChI=1S/C22H22ClNO2.ClH/c1-26-21-9-5-6-17(14-21)15-24-16-22(25,18-7-3-2-4-8-18)19-10-12-20(23)13-11-19;/h2-14,24-25H,15-16H2,1H3;1H. The molecule has 0 aliphatic rings. The third kappa shape index (κ3) is 5.24. The summed E-state index contributed by atoms with van der Waals surface area (Å²) in [5.74, 6) is 0.820. The lowest BCUT2D eigenvalue weighted by Gasteiger charge is -2.30. The highest BCUT2D eigenvalue weighted by molar-refractivity contribution is 6.30. The molecule has 0 spiro atoms. The molecule has 3 aromatic rings. The predicted octanol–water partition coefficient (Wildman–Crippen LogP) is 4.80. The number of aliphatic hydroxyl groups is 1. The lowest BCUT2D eigenvalue weighted by Crippen LogP contribution is -2.39. The van der Waals surface area contributed by atoms with E-state index in [-0.39, 0.29) is 12.4 Å². The van der Waals surface area contributed by atoms with Crippen LogP contribution < -0.4 is 10.1 Å². The summed E-state index contributed by atoms with van der Waals surface area (Å²) < 4.78 is 5.26. The second-order valence-corrected chi connectivity index (χ2v) is 6.62. The van der Waals surface area contributed by atoms with Crippen LogP contribution in [-0.2, 0) is 12.1 Å². The fraction of sp³-hybridized carbons (Fsp3) is 0.182. The Bertz CT molecular complexity index is 840. The molecule has 142 valence electrons. The Hall–Kier alpha value is -2.04. The van der Waals surface area contributed by atoms with E-state index in [0.717, 1.165) is 22.4 Å². The normalized spacial score (nSPS) is 12.7. The average Bonchev–Trinajstić information content (AvgIpc) is 2.69. The highest BCUT2D eigenvalue weighted by atomic mass is 35.5. The van der Waals surface area contributed by atoms with Gasteiger partial charge in [0.2, 0.25) is 0 Å². The minimum atomic E-state index is -1.15. The number of hydrogen-bond acceptors (Lipinski definition) is 3. The Morgan fingerprint density at radius 1 is 0.926 bits per heavy atom. The van der Waals surface area contributed by atoms with Crippen molar-refractivity contribution in [3.05, 3.63) is 101 Å². The van der Waals surface area contributed by atoms with Crippen molar-refractivity contribution in [1.82, 2.24) is 5.32 Å². The molecule has 0 radical (unpaired) electrons. The van der Waals surface area contributed by atoms with Crippen molar-refractivity contribution in [3.63, 3.8) is 0 Å². The summed E-state index contributed by atoms with van der Waals surface area (Å²) in [6.07, 6.45) is 0. The number of rotatable bonds is 7. The Balaban J connectivity index is 0.00000261. The van der Waals surface area contributed by atoms with E-state index in [1.807, 2.05) is 66.7 Å². The minimum Gasteiger partial charge on any atom is -0.497 e. The van der Waals surface area contributed by atoms with Gasteiger partial charge in [-0.25, -0.2) is 0 Å². The molecule has 1 atom stereocenters. The van der Waals surface area contributed by atoms with E-state index in [9.17, 15) is 5.11 Å². The summed E-state index contributed by atoms with van der Waals surface area (Å²) in [5, 5.41) is 15.5. The molecule has 0 amide bonds. The van der Waals surface area contributed by atoms with Gasteiger partial charge in [0, 0.05) is 18.1 Å². The van der Waals surface area contributed by atoms with Gasteiger partial charge in [0.05, 0.1) is 7.11 Å². The summed E-state index contributed by atoms with van der Waals surface area (Å²) in [6.45, 7) is 0.996. The highest BCUT2D eigenvalue weighted by Gasteiger charge is 2.31. The molecule has 1 unspecified atom stereocenters. The molecule has 0 heterocycles. The average molecular weight is 404 g/mol. The first kappa shape index (κ1) is 21.3. The van der Waals surface area contributed by atoms with Crippen LogP contribution >= 0.6 is 24.0 Å². The lowest BCUT2D eigenvalue weighted by atomic mass is 9.86. The first-order valence-corrected chi connectivity index (χ1v) is 8.87. The van der Waals surface area contributed by atoms with Crippen LogP contribution in [0.2, 0.25) is 5.02 Å². The third-order valence-electron chi connectivity index (χ3n) is 4.42. The molecule has 0 aromatic heterocycles. The van der Waals surface area contributed by atoms with Crippen LogP contribution in [0, 0.1) is 0 Å². The maximum atomic E-state index is 11.5. The molecule has 0 aliphatic carbocycles. The number of methoxy groups -OCH3 is 1. The quantitative estimate of drug-likeness (QED) is 0.595. The van der Waals surface area contributed by atoms with E-state index in [2.05, 4.69) is 5.32 Å². The molecule has 27 heavy (non-hydrogen) atoms. The largest absolute Gasteiger partial charge is 0.497 e. The predicted molar refractivity (Wildman–Crippen MR) is 113 cm³/mol. The van der Waals surface area contributed by atoms with Gasteiger partial charge in [0.15, 0.2) is 0 Å². The molecular weight excluding hydrogens is 381 g/mol. The van der Waals surface area contributed by atoms with Gasteiger partial charge in [-0.1, -0.05) is 66.2 Å². The summed E-state index contributed by atoms with van der Waals surface area (Å²) in [7, 11) is 1.65. The van der Waals surface area contributed by atoms with Crippen LogP contribution in [0.15, 0.2) is 78.9 Å². The van der Waals surface area contributed by atoms with Gasteiger partial charge >= 0.3 is 0 Å². The summed E-state index contributed by atoms with van der Waals surface area (Å²) in [5.41, 5.74) is 1.58. The SMILES string of the molecule is COc1cccc(CNCC(O)(c2ccccc2)c2ccc(Cl)cc2)c1.Cl. The summed E-state index contributed by atoms with van der Waals surface area (Å²) in [4.78, 5) is 0. The molecule has 0 saturated heterocycles. The zero-order chi connectivity index (χ0) is 18.4. The molecule has 2 N–H and O–H groups in total. The van der Waals surface area contributed by atoms with Gasteiger partial charge in [-0.2, -0.15) is 0 Å². The van der Waals surface area contributed by atoms with Gasteiger partial charge in [-0.15, -0.1) is 12.4 Å². The molecule has 3 rings (SSSR count). The lowest BCUT2D eigenvalue weighted by molar-refractivity contribution is 0.0796. The Morgan fingerprint density at radius 3 is 2.26 bits per heavy atom. The molecule has 0 bridgehead atoms. The van der Waals surface area contributed by atoms with Gasteiger partial charge < -0.3 is 15.2 Å². The zero-order valence-corrected chi connectivity index (χ0v) is 16.6. The third-order valence-corrected chi connectivity index (χ3v) is 4.67. The fourth-order valence-corrected chi connectivity index (χ4v) is 3.11. The van der Waals surface area contributed by atoms with E-state index >= 15 is 0 Å². The van der Waals surface area contributed by atoms with Gasteiger partial charge in [-0.3, -0.25) is 0 Å². The molecule has 5 heteroatoms. The van der Waals surface area contributed by atoms with Crippen molar-refractivity contribution < 1.29 is 9.84 Å². The smallest absolute Gasteiger partial charge is 0.127 e. The zero-order valence-electron chi connectivity index (χ0n) is 15.1. The second-order valence-electron chi connectivity index (χ2n) is 6.19. The molecule has 3 nitrogen and oxygen atoms in total. The van der Waals surface area contributed by atoms with Crippen molar-refractivity contribution in [2.24, 2.45) is 0 Å². The van der Waals surface area contributed by atoms with E-state index in [1.54, 1.807) is 19.2 Å². The molecule has 3 aromatic carbocycles. The van der Waals surface area contributed by atoms with Crippen molar-refractivity contribution in [2.45, 2.75) is 12.1 Å². The van der Waals surface area contributed by atoms with Crippen molar-refractivity contribution >= 4 is 24.0 Å². The van der Waals surface area contributed by atoms with Crippen LogP contribution in [0.4, 0.5) is 0 Å². The van der Waals surface area contributed by atoms with E-state index in [0.29, 0.717) is 18.1 Å². The van der Waals surface area contributed by atoms with E-state index in [4.69, 9.17) is 16.3 Å². The number of ether oxygens (including phenoxy) is 1. The van der Waals surface area contributed by atoms with Crippen LogP contribution in [0.5, 0.6) is 5.75 Å². The Kier molecular flexibility index (Phi) is 7.69. The molecule has 0 fully saturated rings. The number of hydrogen-bond donors (Lipinski definition) is 2. The summed E-state index contributed by atoms with van der Waals surface area (Å²) in [6, 6.07) is 24.9. The first-order chi connectivity index (χ1) is 12.6. The van der Waals surface area contributed by atoms with Gasteiger partial charge in [0.25, 0.3) is 0 Å². The first-order valence-electron chi connectivity index (χ1n) is 8.49. The monoisotopic (exact) mass is 403 g/mol. The Morgan fingerprint density at radius 2 is 1.59 bits per heavy atom. The van der Waals surface area contributed by atoms with Crippen LogP contribution in [-0.4, -0.2) is 18.8 Å². The summed E-state index contributed by atoms with van der Waals surface area (Å²) >= 11 is 6.01. The van der Waals surface area contributed by atoms with Crippen LogP contribution in [0.3, 0.4) is 0 Å². The van der Waals surface area contributed by atoms with E-state index < -0.39 is 5.60 Å². The topological polar surface area (TPSA) is 41.5 Å². The van der Waals surface area contributed by atoms with Crippen molar-refractivity contribution in [3.8, 4) is 5.75 Å². The number of nitrogens with one attached hydrogen (secondary N) is 1. The number of halogens is 2. The second kappa shape index (κ2) is 9.77. The van der Waals surface area contributed by atoms with Gasteiger partial charge in [-0.05, 0) is 41.0 Å². The molecule has 0 saturated carbocycles. The maximum absolute atomic E-state index is 11.5. The van der Waals surface area contributed by atoms with Crippen LogP contribution in [0.1, 0.15) is 16.7 Å². The van der Waals surface area contributed by atoms with Crippen molar-refractivity contribution in [2.75, 3.05) is 13.7 Å². The Labute approximate surface area is 171 Å². The van der Waals surface area contributed by atoms with E-state index in [1.165, 1.54) is 0 Å². The van der Waals surface area contributed by atoms with Crippen molar-refractivity contribution in [1.29, 1.82) is 0 Å². The fourth-order valence-electron chi connectivity index (χ4n) is 2.98. The molecule has 0 aliphatic heterocycles. The number of benzene rings is 3. The molecular formula is C22H23Cl2NO2. The van der Waals surface area contributed by atoms with Crippen LogP contribution in [0.25, 0.3) is 0 Å². The highest BCUT2D eigenvalue weighted by Crippen LogP contribution is 2.30.